The van der Waals surface area contributed by atoms with Gasteiger partial charge in [0.05, 0.1) is 29.9 Å². The highest BCUT2D eigenvalue weighted by molar-refractivity contribution is 9.10. The van der Waals surface area contributed by atoms with Gasteiger partial charge < -0.3 is 19.5 Å². The van der Waals surface area contributed by atoms with Crippen LogP contribution in [0, 0.1) is 0 Å². The zero-order chi connectivity index (χ0) is 30.8. The number of aromatic nitrogens is 3. The SMILES string of the molecule is CCCCCCOc1c(Br)cc(C2C(C(=O)OCCCC)=C(C)Nc3nc(SCc4ccccc4Cl)nn32)cc1OCC. The number of carbonyl (C=O) groups is 1. The molecule has 2 heterocycles. The number of nitrogens with zero attached hydrogens (tertiary/aromatic N) is 3. The number of carbonyl (C=O) groups excluding carboxylic acids is 1. The van der Waals surface area contributed by atoms with Crippen molar-refractivity contribution in [2.24, 2.45) is 0 Å². The summed E-state index contributed by atoms with van der Waals surface area (Å²) in [7, 11) is 0. The standard InChI is InChI=1S/C32H40BrClN4O4S/c1-5-8-10-13-17-41-29-24(33)18-23(19-26(29)40-7-3)28-27(30(39)42-16-9-6-2)21(4)35-31-36-32(37-38(28)31)43-20-22-14-11-12-15-25(22)34/h11-12,14-15,18-19,28H,5-10,13,16-17,20H2,1-4H3,(H,35,36,37). The molecule has 4 rings (SSSR count). The average Bonchev–Trinajstić information content (AvgIpc) is 3.39. The first kappa shape index (κ1) is 33.2. The molecule has 43 heavy (non-hydrogen) atoms. The Bertz CT molecular complexity index is 1430. The van der Waals surface area contributed by atoms with E-state index in [9.17, 15) is 4.79 Å². The monoisotopic (exact) mass is 690 g/mol. The van der Waals surface area contributed by atoms with Crippen LogP contribution in [0.1, 0.15) is 83.4 Å². The maximum absolute atomic E-state index is 13.6. The minimum absolute atomic E-state index is 0.348. The van der Waals surface area contributed by atoms with E-state index in [-0.39, 0.29) is 5.97 Å². The highest BCUT2D eigenvalue weighted by Crippen LogP contribution is 2.43. The molecule has 232 valence electrons. The zero-order valence-corrected chi connectivity index (χ0v) is 28.4. The summed E-state index contributed by atoms with van der Waals surface area (Å²) in [6.45, 7) is 9.47. The number of esters is 1. The fourth-order valence-corrected chi connectivity index (χ4v) is 6.45. The van der Waals surface area contributed by atoms with E-state index in [1.165, 1.54) is 24.6 Å². The van der Waals surface area contributed by atoms with Crippen LogP contribution in [-0.4, -0.2) is 40.6 Å². The number of rotatable bonds is 16. The third-order valence-electron chi connectivity index (χ3n) is 6.99. The number of halogens is 2. The molecule has 0 spiro atoms. The van der Waals surface area contributed by atoms with Gasteiger partial charge in [-0.25, -0.2) is 9.48 Å². The lowest BCUT2D eigenvalue weighted by Gasteiger charge is -2.29. The molecule has 0 aliphatic carbocycles. The molecule has 1 unspecified atom stereocenters. The minimum atomic E-state index is -0.596. The molecular formula is C32H40BrClN4O4S. The number of nitrogens with one attached hydrogen (secondary N) is 1. The van der Waals surface area contributed by atoms with Crippen LogP contribution in [0.2, 0.25) is 5.02 Å². The molecule has 1 N–H and O–H groups in total. The molecule has 11 heteroatoms. The molecule has 1 atom stereocenters. The summed E-state index contributed by atoms with van der Waals surface area (Å²) in [6, 6.07) is 11.0. The van der Waals surface area contributed by atoms with Gasteiger partial charge in [0, 0.05) is 16.5 Å². The van der Waals surface area contributed by atoms with Gasteiger partial charge in [0.1, 0.15) is 6.04 Å². The number of fused-ring (bicyclic) bond motifs is 1. The van der Waals surface area contributed by atoms with Crippen LogP contribution in [0.15, 0.2) is 57.3 Å². The van der Waals surface area contributed by atoms with Crippen molar-refractivity contribution in [2.75, 3.05) is 25.1 Å². The molecule has 0 radical (unpaired) electrons. The Morgan fingerprint density at radius 1 is 1.07 bits per heavy atom. The fraction of sp³-hybridized carbons (Fsp3) is 0.469. The van der Waals surface area contributed by atoms with Crippen molar-refractivity contribution in [2.45, 2.75) is 83.2 Å². The van der Waals surface area contributed by atoms with Gasteiger partial charge in [-0.1, -0.05) is 81.1 Å². The van der Waals surface area contributed by atoms with Crippen LogP contribution in [-0.2, 0) is 15.3 Å². The second-order valence-electron chi connectivity index (χ2n) is 10.3. The van der Waals surface area contributed by atoms with Crippen molar-refractivity contribution in [3.8, 4) is 11.5 Å². The highest BCUT2D eigenvalue weighted by atomic mass is 79.9. The Balaban J connectivity index is 1.71. The number of hydrogen-bond acceptors (Lipinski definition) is 8. The van der Waals surface area contributed by atoms with E-state index in [1.54, 1.807) is 4.68 Å². The molecule has 0 bridgehead atoms. The maximum Gasteiger partial charge on any atom is 0.338 e. The number of hydrogen-bond donors (Lipinski definition) is 1. The van der Waals surface area contributed by atoms with E-state index >= 15 is 0 Å². The Kier molecular flexibility index (Phi) is 12.7. The van der Waals surface area contributed by atoms with Gasteiger partial charge in [0.15, 0.2) is 11.5 Å². The number of ether oxygens (including phenoxy) is 3. The molecule has 0 fully saturated rings. The van der Waals surface area contributed by atoms with Gasteiger partial charge in [-0.2, -0.15) is 4.98 Å². The van der Waals surface area contributed by atoms with Gasteiger partial charge in [0.25, 0.3) is 0 Å². The summed E-state index contributed by atoms with van der Waals surface area (Å²) in [5, 5.41) is 9.41. The summed E-state index contributed by atoms with van der Waals surface area (Å²) in [4.78, 5) is 18.3. The van der Waals surface area contributed by atoms with Crippen molar-refractivity contribution >= 4 is 51.2 Å². The van der Waals surface area contributed by atoms with E-state index in [0.29, 0.717) is 64.5 Å². The number of benzene rings is 2. The number of unbranched alkanes of at least 4 members (excludes halogenated alkanes) is 4. The van der Waals surface area contributed by atoms with Crippen LogP contribution in [0.25, 0.3) is 0 Å². The van der Waals surface area contributed by atoms with Crippen molar-refractivity contribution in [1.29, 1.82) is 0 Å². The lowest BCUT2D eigenvalue weighted by Crippen LogP contribution is -2.30. The Morgan fingerprint density at radius 3 is 2.60 bits per heavy atom. The minimum Gasteiger partial charge on any atom is -0.490 e. The molecule has 0 amide bonds. The van der Waals surface area contributed by atoms with E-state index in [4.69, 9.17) is 35.9 Å². The number of thioether (sulfide) groups is 1. The largest absolute Gasteiger partial charge is 0.490 e. The molecular weight excluding hydrogens is 652 g/mol. The number of allylic oxidation sites excluding steroid dienone is 1. The summed E-state index contributed by atoms with van der Waals surface area (Å²) in [6.07, 6.45) is 6.15. The van der Waals surface area contributed by atoms with Gasteiger partial charge in [-0.15, -0.1) is 5.10 Å². The molecule has 1 aromatic heterocycles. The van der Waals surface area contributed by atoms with Gasteiger partial charge in [-0.05, 0) is 71.9 Å². The quantitative estimate of drug-likeness (QED) is 0.0905. The predicted molar refractivity (Wildman–Crippen MR) is 176 cm³/mol. The van der Waals surface area contributed by atoms with E-state index < -0.39 is 6.04 Å². The fourth-order valence-electron chi connectivity index (χ4n) is 4.76. The first-order valence-electron chi connectivity index (χ1n) is 14.9. The lowest BCUT2D eigenvalue weighted by molar-refractivity contribution is -0.139. The average molecular weight is 692 g/mol. The first-order valence-corrected chi connectivity index (χ1v) is 17.1. The third-order valence-corrected chi connectivity index (χ3v) is 8.83. The topological polar surface area (TPSA) is 87.5 Å². The molecule has 1 aliphatic rings. The van der Waals surface area contributed by atoms with Gasteiger partial charge in [-0.3, -0.25) is 0 Å². The molecule has 1 aliphatic heterocycles. The number of anilines is 1. The van der Waals surface area contributed by atoms with E-state index in [1.807, 2.05) is 50.2 Å². The summed E-state index contributed by atoms with van der Waals surface area (Å²) in [5.74, 6) is 2.02. The third kappa shape index (κ3) is 8.48. The Labute approximate surface area is 272 Å². The van der Waals surface area contributed by atoms with Crippen molar-refractivity contribution in [3.63, 3.8) is 0 Å². The summed E-state index contributed by atoms with van der Waals surface area (Å²) in [5.41, 5.74) is 2.93. The lowest BCUT2D eigenvalue weighted by atomic mass is 9.95. The molecule has 0 saturated heterocycles. The van der Waals surface area contributed by atoms with Crippen LogP contribution in [0.3, 0.4) is 0 Å². The van der Waals surface area contributed by atoms with Crippen molar-refractivity contribution in [3.05, 3.63) is 68.3 Å². The van der Waals surface area contributed by atoms with E-state index in [0.717, 1.165) is 41.3 Å². The maximum atomic E-state index is 13.6. The van der Waals surface area contributed by atoms with Crippen LogP contribution < -0.4 is 14.8 Å². The Morgan fingerprint density at radius 2 is 1.86 bits per heavy atom. The molecule has 3 aromatic rings. The summed E-state index contributed by atoms with van der Waals surface area (Å²) >= 11 is 11.6. The van der Waals surface area contributed by atoms with Crippen molar-refractivity contribution < 1.29 is 19.0 Å². The van der Waals surface area contributed by atoms with Gasteiger partial charge >= 0.3 is 5.97 Å². The second-order valence-corrected chi connectivity index (χ2v) is 12.5. The molecule has 0 saturated carbocycles. The van der Waals surface area contributed by atoms with Crippen LogP contribution in [0.4, 0.5) is 5.95 Å². The van der Waals surface area contributed by atoms with Gasteiger partial charge in [0.2, 0.25) is 11.1 Å². The first-order chi connectivity index (χ1) is 20.9. The normalized spacial score (nSPS) is 14.3. The predicted octanol–water partition coefficient (Wildman–Crippen LogP) is 8.98. The van der Waals surface area contributed by atoms with Crippen LogP contribution >= 0.6 is 39.3 Å². The Hall–Kier alpha value is -2.69. The smallest absolute Gasteiger partial charge is 0.338 e. The molecule has 2 aromatic carbocycles. The van der Waals surface area contributed by atoms with Crippen molar-refractivity contribution in [1.82, 2.24) is 14.8 Å². The second kappa shape index (κ2) is 16.4. The molecule has 8 nitrogen and oxygen atoms in total. The summed E-state index contributed by atoms with van der Waals surface area (Å²) < 4.78 is 20.5. The highest BCUT2D eigenvalue weighted by Gasteiger charge is 2.36. The van der Waals surface area contributed by atoms with E-state index in [2.05, 4.69) is 35.1 Å². The zero-order valence-electron chi connectivity index (χ0n) is 25.3. The van der Waals surface area contributed by atoms with Crippen LogP contribution in [0.5, 0.6) is 11.5 Å².